The second-order valence-electron chi connectivity index (χ2n) is 4.56. The number of anilines is 2. The molecule has 2 rings (SSSR count). The molecule has 6 heteroatoms. The first kappa shape index (κ1) is 15.3. The molecule has 1 aromatic carbocycles. The monoisotopic (exact) mass is 305 g/mol. The number of rotatable bonds is 5. The highest BCUT2D eigenvalue weighted by Crippen LogP contribution is 2.28. The smallest absolute Gasteiger partial charge is 0.267 e. The molecule has 0 radical (unpaired) electrons. The zero-order chi connectivity index (χ0) is 15.5. The van der Waals surface area contributed by atoms with Crippen LogP contribution in [0.2, 0.25) is 0 Å². The lowest BCUT2D eigenvalue weighted by atomic mass is 10.2. The molecule has 0 aliphatic heterocycles. The van der Waals surface area contributed by atoms with Crippen LogP contribution in [0, 0.1) is 6.92 Å². The number of benzene rings is 1. The molecule has 0 aliphatic carbocycles. The fourth-order valence-corrected chi connectivity index (χ4v) is 3.91. The van der Waals surface area contributed by atoms with Gasteiger partial charge in [-0.15, -0.1) is 0 Å². The van der Waals surface area contributed by atoms with E-state index in [9.17, 15) is 8.42 Å². The van der Waals surface area contributed by atoms with Gasteiger partial charge in [0.15, 0.2) is 0 Å². The Kier molecular flexibility index (Phi) is 4.47. The Balaban J connectivity index is 2.58. The van der Waals surface area contributed by atoms with Gasteiger partial charge >= 0.3 is 0 Å². The highest BCUT2D eigenvalue weighted by Gasteiger charge is 2.27. The topological polar surface area (TPSA) is 62.3 Å². The van der Waals surface area contributed by atoms with Crippen molar-refractivity contribution in [3.05, 3.63) is 48.2 Å². The summed E-state index contributed by atoms with van der Waals surface area (Å²) in [6, 6.07) is 10.6. The molecule has 0 fully saturated rings. The van der Waals surface area contributed by atoms with Gasteiger partial charge in [0.1, 0.15) is 10.7 Å². The first-order chi connectivity index (χ1) is 10.0. The van der Waals surface area contributed by atoms with E-state index in [4.69, 9.17) is 0 Å². The standard InChI is InChI=1S/C15H19N3O2S/c1-4-18(13-9-6-5-8-12(13)2)21(19,20)14-10-7-11-17-15(14)16-3/h5-11H,4H2,1-3H3,(H,16,17). The molecule has 0 saturated heterocycles. The summed E-state index contributed by atoms with van der Waals surface area (Å²) in [5, 5.41) is 2.83. The number of para-hydroxylation sites is 1. The molecular formula is C15H19N3O2S. The quantitative estimate of drug-likeness (QED) is 0.922. The maximum absolute atomic E-state index is 12.9. The Hall–Kier alpha value is -2.08. The molecule has 1 N–H and O–H groups in total. The molecule has 2 aromatic rings. The molecule has 0 aliphatic rings. The summed E-state index contributed by atoms with van der Waals surface area (Å²) in [5.74, 6) is 0.351. The molecule has 0 atom stereocenters. The van der Waals surface area contributed by atoms with Gasteiger partial charge in [0.25, 0.3) is 10.0 Å². The number of aryl methyl sites for hydroxylation is 1. The summed E-state index contributed by atoms with van der Waals surface area (Å²) in [7, 11) is -2.00. The van der Waals surface area contributed by atoms with Crippen LogP contribution in [0.4, 0.5) is 11.5 Å². The molecule has 0 bridgehead atoms. The van der Waals surface area contributed by atoms with Crippen LogP contribution in [0.3, 0.4) is 0 Å². The van der Waals surface area contributed by atoms with Gasteiger partial charge in [0.05, 0.1) is 5.69 Å². The fourth-order valence-electron chi connectivity index (χ4n) is 2.22. The predicted octanol–water partition coefficient (Wildman–Crippen LogP) is 2.65. The van der Waals surface area contributed by atoms with Crippen LogP contribution in [0.25, 0.3) is 0 Å². The van der Waals surface area contributed by atoms with Crippen LogP contribution >= 0.6 is 0 Å². The number of nitrogens with zero attached hydrogens (tertiary/aromatic N) is 2. The van der Waals surface area contributed by atoms with E-state index in [1.165, 1.54) is 4.31 Å². The highest BCUT2D eigenvalue weighted by molar-refractivity contribution is 7.93. The second-order valence-corrected chi connectivity index (χ2v) is 6.39. The van der Waals surface area contributed by atoms with Crippen molar-refractivity contribution in [2.75, 3.05) is 23.2 Å². The van der Waals surface area contributed by atoms with Crippen molar-refractivity contribution < 1.29 is 8.42 Å². The van der Waals surface area contributed by atoms with Gasteiger partial charge < -0.3 is 5.32 Å². The Bertz CT molecular complexity index is 729. The summed E-state index contributed by atoms with van der Waals surface area (Å²) in [6.45, 7) is 4.07. The summed E-state index contributed by atoms with van der Waals surface area (Å²) < 4.78 is 27.3. The van der Waals surface area contributed by atoms with E-state index in [1.54, 1.807) is 25.4 Å². The van der Waals surface area contributed by atoms with E-state index in [1.807, 2.05) is 38.1 Å². The van der Waals surface area contributed by atoms with Crippen molar-refractivity contribution in [1.29, 1.82) is 0 Å². The normalized spacial score (nSPS) is 11.2. The third-order valence-electron chi connectivity index (χ3n) is 3.25. The van der Waals surface area contributed by atoms with Gasteiger partial charge in [0, 0.05) is 19.8 Å². The zero-order valence-corrected chi connectivity index (χ0v) is 13.2. The summed E-state index contributed by atoms with van der Waals surface area (Å²) in [6.07, 6.45) is 1.56. The van der Waals surface area contributed by atoms with Gasteiger partial charge in [-0.3, -0.25) is 4.31 Å². The zero-order valence-electron chi connectivity index (χ0n) is 12.4. The third kappa shape index (κ3) is 2.85. The number of aromatic nitrogens is 1. The first-order valence-corrected chi connectivity index (χ1v) is 8.17. The number of nitrogens with one attached hydrogen (secondary N) is 1. The van der Waals surface area contributed by atoms with E-state index >= 15 is 0 Å². The van der Waals surface area contributed by atoms with Crippen LogP contribution < -0.4 is 9.62 Å². The van der Waals surface area contributed by atoms with Crippen molar-refractivity contribution in [3.63, 3.8) is 0 Å². The Morgan fingerprint density at radius 3 is 2.52 bits per heavy atom. The molecule has 112 valence electrons. The lowest BCUT2D eigenvalue weighted by Gasteiger charge is -2.25. The number of sulfonamides is 1. The molecule has 0 spiro atoms. The van der Waals surface area contributed by atoms with Gasteiger partial charge in [-0.25, -0.2) is 13.4 Å². The molecule has 1 aromatic heterocycles. The van der Waals surface area contributed by atoms with Crippen LogP contribution in [-0.2, 0) is 10.0 Å². The van der Waals surface area contributed by atoms with Crippen LogP contribution in [0.15, 0.2) is 47.5 Å². The number of pyridine rings is 1. The van der Waals surface area contributed by atoms with Gasteiger partial charge in [0.2, 0.25) is 0 Å². The van der Waals surface area contributed by atoms with E-state index in [0.29, 0.717) is 18.1 Å². The molecular weight excluding hydrogens is 286 g/mol. The Labute approximate surface area is 125 Å². The van der Waals surface area contributed by atoms with E-state index in [0.717, 1.165) is 5.56 Å². The summed E-state index contributed by atoms with van der Waals surface area (Å²) in [4.78, 5) is 4.26. The van der Waals surface area contributed by atoms with Crippen molar-refractivity contribution in [1.82, 2.24) is 4.98 Å². The van der Waals surface area contributed by atoms with Crippen molar-refractivity contribution in [2.24, 2.45) is 0 Å². The van der Waals surface area contributed by atoms with E-state index in [2.05, 4.69) is 10.3 Å². The van der Waals surface area contributed by atoms with E-state index < -0.39 is 10.0 Å². The molecule has 21 heavy (non-hydrogen) atoms. The molecule has 5 nitrogen and oxygen atoms in total. The average Bonchev–Trinajstić information content (AvgIpc) is 2.49. The lowest BCUT2D eigenvalue weighted by Crippen LogP contribution is -2.32. The predicted molar refractivity (Wildman–Crippen MR) is 85.2 cm³/mol. The Morgan fingerprint density at radius 2 is 1.90 bits per heavy atom. The fraction of sp³-hybridized carbons (Fsp3) is 0.267. The van der Waals surface area contributed by atoms with Crippen LogP contribution in [-0.4, -0.2) is 27.0 Å². The van der Waals surface area contributed by atoms with Gasteiger partial charge in [-0.2, -0.15) is 0 Å². The number of hydrogen-bond acceptors (Lipinski definition) is 4. The Morgan fingerprint density at radius 1 is 1.19 bits per heavy atom. The van der Waals surface area contributed by atoms with Crippen LogP contribution in [0.1, 0.15) is 12.5 Å². The third-order valence-corrected chi connectivity index (χ3v) is 5.17. The highest BCUT2D eigenvalue weighted by atomic mass is 32.2. The van der Waals surface area contributed by atoms with E-state index in [-0.39, 0.29) is 4.90 Å². The molecule has 0 unspecified atom stereocenters. The van der Waals surface area contributed by atoms with Crippen molar-refractivity contribution in [2.45, 2.75) is 18.7 Å². The first-order valence-electron chi connectivity index (χ1n) is 6.73. The SMILES string of the molecule is CCN(c1ccccc1C)S(=O)(=O)c1cccnc1NC. The summed E-state index contributed by atoms with van der Waals surface area (Å²) >= 11 is 0. The van der Waals surface area contributed by atoms with Gasteiger partial charge in [-0.05, 0) is 37.6 Å². The molecule has 0 amide bonds. The minimum atomic E-state index is -3.66. The van der Waals surface area contributed by atoms with Gasteiger partial charge in [-0.1, -0.05) is 18.2 Å². The molecule has 1 heterocycles. The minimum absolute atomic E-state index is 0.178. The largest absolute Gasteiger partial charge is 0.372 e. The van der Waals surface area contributed by atoms with Crippen molar-refractivity contribution in [3.8, 4) is 0 Å². The number of hydrogen-bond donors (Lipinski definition) is 1. The minimum Gasteiger partial charge on any atom is -0.372 e. The lowest BCUT2D eigenvalue weighted by molar-refractivity contribution is 0.591. The van der Waals surface area contributed by atoms with Crippen LogP contribution in [0.5, 0.6) is 0 Å². The maximum atomic E-state index is 12.9. The average molecular weight is 305 g/mol. The summed E-state index contributed by atoms with van der Waals surface area (Å²) in [5.41, 5.74) is 1.60. The second kappa shape index (κ2) is 6.13. The van der Waals surface area contributed by atoms with Crippen molar-refractivity contribution >= 4 is 21.5 Å². The molecule has 0 saturated carbocycles. The maximum Gasteiger partial charge on any atom is 0.267 e.